The summed E-state index contributed by atoms with van der Waals surface area (Å²) in [6.45, 7) is 0.894. The van der Waals surface area contributed by atoms with Gasteiger partial charge >= 0.3 is 0 Å². The molecule has 1 aliphatic heterocycles. The lowest BCUT2D eigenvalue weighted by Gasteiger charge is -2.16. The monoisotopic (exact) mass is 378 g/mol. The second kappa shape index (κ2) is 5.86. The van der Waals surface area contributed by atoms with E-state index in [9.17, 15) is 4.79 Å². The number of rotatable bonds is 3. The maximum Gasteiger partial charge on any atom is 0.246 e. The second-order valence-corrected chi connectivity index (χ2v) is 7.57. The van der Waals surface area contributed by atoms with E-state index in [0.29, 0.717) is 0 Å². The SMILES string of the molecule is CN(C)C(=O)C(Cl)c1c(-c2ccccc2)nc2n3c4c(cccc4n12)CC3. The Labute approximate surface area is 161 Å². The van der Waals surface area contributed by atoms with Gasteiger partial charge in [-0.25, -0.2) is 4.98 Å². The first kappa shape index (κ1) is 16.4. The molecule has 3 heterocycles. The van der Waals surface area contributed by atoms with E-state index in [0.717, 1.165) is 41.2 Å². The molecule has 0 saturated carbocycles. The zero-order valence-electron chi connectivity index (χ0n) is 15.2. The van der Waals surface area contributed by atoms with E-state index < -0.39 is 5.38 Å². The van der Waals surface area contributed by atoms with E-state index in [2.05, 4.69) is 27.2 Å². The number of likely N-dealkylation sites (N-methyl/N-ethyl adjacent to an activating group) is 1. The minimum absolute atomic E-state index is 0.148. The Bertz CT molecular complexity index is 1190. The average molecular weight is 379 g/mol. The van der Waals surface area contributed by atoms with Gasteiger partial charge in [0.1, 0.15) is 0 Å². The molecule has 5 rings (SSSR count). The Morgan fingerprint density at radius 3 is 2.67 bits per heavy atom. The standard InChI is InChI=1S/C21H19ClN4O/c1-24(2)20(27)16(22)19-17(13-7-4-3-5-8-13)23-21-25-12-11-14-9-6-10-15(18(14)25)26(19)21/h3-10,16H,11-12H2,1-2H3. The number of benzene rings is 2. The van der Waals surface area contributed by atoms with Crippen LogP contribution in [0.4, 0.5) is 0 Å². The van der Waals surface area contributed by atoms with E-state index in [-0.39, 0.29) is 5.91 Å². The number of amides is 1. The molecular weight excluding hydrogens is 360 g/mol. The molecule has 5 nitrogen and oxygen atoms in total. The van der Waals surface area contributed by atoms with Crippen LogP contribution in [0.3, 0.4) is 0 Å². The summed E-state index contributed by atoms with van der Waals surface area (Å²) >= 11 is 6.73. The number of carbonyl (C=O) groups is 1. The Balaban J connectivity index is 1.89. The lowest BCUT2D eigenvalue weighted by atomic mass is 10.1. The molecular formula is C21H19ClN4O. The topological polar surface area (TPSA) is 42.5 Å². The molecule has 27 heavy (non-hydrogen) atoms. The Morgan fingerprint density at radius 1 is 1.15 bits per heavy atom. The van der Waals surface area contributed by atoms with Crippen LogP contribution in [0.5, 0.6) is 0 Å². The van der Waals surface area contributed by atoms with E-state index in [1.54, 1.807) is 14.1 Å². The average Bonchev–Trinajstić information content (AvgIpc) is 3.36. The molecule has 0 saturated heterocycles. The Kier molecular flexibility index (Phi) is 3.56. The van der Waals surface area contributed by atoms with Crippen LogP contribution in [0.15, 0.2) is 48.5 Å². The van der Waals surface area contributed by atoms with Gasteiger partial charge in [0.05, 0.1) is 22.4 Å². The fourth-order valence-corrected chi connectivity index (χ4v) is 4.44. The fraction of sp³-hybridized carbons (Fsp3) is 0.238. The largest absolute Gasteiger partial charge is 0.347 e. The highest BCUT2D eigenvalue weighted by molar-refractivity contribution is 6.31. The van der Waals surface area contributed by atoms with Gasteiger partial charge in [-0.1, -0.05) is 42.5 Å². The molecule has 0 aliphatic carbocycles. The number of hydrogen-bond acceptors (Lipinski definition) is 2. The third-order valence-electron chi connectivity index (χ3n) is 5.30. The molecule has 4 aromatic rings. The molecule has 1 amide bonds. The minimum Gasteiger partial charge on any atom is -0.347 e. The fourth-order valence-electron chi connectivity index (χ4n) is 4.04. The smallest absolute Gasteiger partial charge is 0.246 e. The number of hydrogen-bond donors (Lipinski definition) is 0. The van der Waals surface area contributed by atoms with Crippen LogP contribution in [0, 0.1) is 0 Å². The van der Waals surface area contributed by atoms with Crippen molar-refractivity contribution >= 4 is 34.3 Å². The summed E-state index contributed by atoms with van der Waals surface area (Å²) in [5.41, 5.74) is 6.03. The van der Waals surface area contributed by atoms with Crippen molar-refractivity contribution in [3.8, 4) is 11.3 Å². The van der Waals surface area contributed by atoms with Crippen LogP contribution in [0.1, 0.15) is 16.6 Å². The Hall–Kier alpha value is -2.79. The van der Waals surface area contributed by atoms with Gasteiger partial charge in [0.2, 0.25) is 11.7 Å². The van der Waals surface area contributed by atoms with Crippen LogP contribution in [-0.4, -0.2) is 38.9 Å². The van der Waals surface area contributed by atoms with Crippen molar-refractivity contribution in [3.05, 3.63) is 59.8 Å². The summed E-state index contributed by atoms with van der Waals surface area (Å²) in [6.07, 6.45) is 1.01. The van der Waals surface area contributed by atoms with E-state index in [4.69, 9.17) is 16.6 Å². The maximum absolute atomic E-state index is 12.7. The highest BCUT2D eigenvalue weighted by atomic mass is 35.5. The number of para-hydroxylation sites is 1. The summed E-state index contributed by atoms with van der Waals surface area (Å²) < 4.78 is 4.31. The molecule has 0 spiro atoms. The summed E-state index contributed by atoms with van der Waals surface area (Å²) in [5, 5.41) is -0.813. The Morgan fingerprint density at radius 2 is 1.93 bits per heavy atom. The molecule has 1 atom stereocenters. The van der Waals surface area contributed by atoms with Gasteiger partial charge in [-0.15, -0.1) is 11.6 Å². The molecule has 0 radical (unpaired) electrons. The summed E-state index contributed by atoms with van der Waals surface area (Å²) in [6, 6.07) is 16.2. The van der Waals surface area contributed by atoms with Gasteiger partial charge in [0.25, 0.3) is 0 Å². The van der Waals surface area contributed by atoms with Gasteiger partial charge in [-0.05, 0) is 18.1 Å². The number of halogens is 1. The molecule has 0 N–H and O–H groups in total. The van der Waals surface area contributed by atoms with Crippen LogP contribution < -0.4 is 0 Å². The van der Waals surface area contributed by atoms with E-state index in [1.165, 1.54) is 16.0 Å². The van der Waals surface area contributed by atoms with Gasteiger partial charge in [0.15, 0.2) is 5.38 Å². The highest BCUT2D eigenvalue weighted by Crippen LogP contribution is 2.38. The predicted octanol–water partition coefficient (Wildman–Crippen LogP) is 3.88. The van der Waals surface area contributed by atoms with Crippen molar-refractivity contribution in [1.82, 2.24) is 18.9 Å². The lowest BCUT2D eigenvalue weighted by molar-refractivity contribution is -0.128. The van der Waals surface area contributed by atoms with Crippen molar-refractivity contribution in [2.24, 2.45) is 0 Å². The first-order valence-electron chi connectivity index (χ1n) is 9.01. The number of alkyl halides is 1. The molecule has 1 unspecified atom stereocenters. The van der Waals surface area contributed by atoms with Crippen molar-refractivity contribution in [2.75, 3.05) is 14.1 Å². The summed E-state index contributed by atoms with van der Waals surface area (Å²) in [4.78, 5) is 19.2. The normalized spacial score (nSPS) is 14.2. The van der Waals surface area contributed by atoms with Gasteiger partial charge in [-0.2, -0.15) is 0 Å². The van der Waals surface area contributed by atoms with Gasteiger partial charge in [-0.3, -0.25) is 9.20 Å². The van der Waals surface area contributed by atoms with E-state index in [1.807, 2.05) is 30.3 Å². The summed E-state index contributed by atoms with van der Waals surface area (Å²) in [5.74, 6) is 0.700. The van der Waals surface area contributed by atoms with Crippen LogP contribution in [0.25, 0.3) is 28.1 Å². The second-order valence-electron chi connectivity index (χ2n) is 7.13. The van der Waals surface area contributed by atoms with Crippen molar-refractivity contribution in [3.63, 3.8) is 0 Å². The lowest BCUT2D eigenvalue weighted by Crippen LogP contribution is -2.26. The first-order chi connectivity index (χ1) is 13.1. The maximum atomic E-state index is 12.7. The van der Waals surface area contributed by atoms with Crippen molar-refractivity contribution < 1.29 is 4.79 Å². The quantitative estimate of drug-likeness (QED) is 0.508. The molecule has 0 bridgehead atoms. The third-order valence-corrected chi connectivity index (χ3v) is 5.69. The van der Waals surface area contributed by atoms with E-state index >= 15 is 0 Å². The highest BCUT2D eigenvalue weighted by Gasteiger charge is 2.32. The number of nitrogens with zero attached hydrogens (tertiary/aromatic N) is 4. The zero-order valence-corrected chi connectivity index (χ0v) is 15.9. The number of imidazole rings is 2. The summed E-state index contributed by atoms with van der Waals surface area (Å²) in [7, 11) is 3.45. The van der Waals surface area contributed by atoms with Gasteiger partial charge in [0, 0.05) is 26.2 Å². The van der Waals surface area contributed by atoms with Crippen molar-refractivity contribution in [2.45, 2.75) is 18.3 Å². The molecule has 6 heteroatoms. The van der Waals surface area contributed by atoms with Crippen LogP contribution in [0.2, 0.25) is 0 Å². The predicted molar refractivity (Wildman–Crippen MR) is 107 cm³/mol. The molecule has 1 aliphatic rings. The molecule has 2 aromatic heterocycles. The van der Waals surface area contributed by atoms with Crippen LogP contribution >= 0.6 is 11.6 Å². The number of aryl methyl sites for hydroxylation is 2. The van der Waals surface area contributed by atoms with Crippen molar-refractivity contribution in [1.29, 1.82) is 0 Å². The molecule has 136 valence electrons. The van der Waals surface area contributed by atoms with Gasteiger partial charge < -0.3 is 9.47 Å². The molecule has 0 fully saturated rings. The number of aromatic nitrogens is 3. The zero-order chi connectivity index (χ0) is 18.7. The van der Waals surface area contributed by atoms with Crippen LogP contribution in [-0.2, 0) is 17.8 Å². The molecule has 2 aromatic carbocycles. The third kappa shape index (κ3) is 2.24. The number of fused-ring (bicyclic) bond motifs is 3. The number of carbonyl (C=O) groups excluding carboxylic acids is 1. The minimum atomic E-state index is -0.813. The first-order valence-corrected chi connectivity index (χ1v) is 9.44.